The summed E-state index contributed by atoms with van der Waals surface area (Å²) in [6, 6.07) is 22.8. The number of carbonyl (C=O) groups excluding carboxylic acids is 1. The number of hydrogen-bond acceptors (Lipinski definition) is 1. The topological polar surface area (TPSA) is 41.0 Å². The van der Waals surface area contributed by atoms with Gasteiger partial charge in [0.1, 0.15) is 0 Å². The number of nitrogens with one attached hydrogen (secondary N) is 1. The molecule has 4 heteroatoms. The Hall–Kier alpha value is -3.27. The Bertz CT molecular complexity index is 1110. The molecule has 0 saturated heterocycles. The maximum atomic E-state index is 13.3. The Morgan fingerprint density at radius 1 is 0.964 bits per heavy atom. The van der Waals surface area contributed by atoms with Gasteiger partial charge in [-0.3, -0.25) is 4.79 Å². The molecule has 0 radical (unpaired) electrons. The molecule has 1 atom stereocenters. The second kappa shape index (κ2) is 7.04. The summed E-state index contributed by atoms with van der Waals surface area (Å²) in [5, 5.41) is 1.21. The van der Waals surface area contributed by atoms with Crippen LogP contribution in [0.3, 0.4) is 0 Å². The number of H-pyrrole nitrogens is 1. The zero-order chi connectivity index (χ0) is 18.9. The normalized spacial score (nSPS) is 16.3. The van der Waals surface area contributed by atoms with Gasteiger partial charge in [0.25, 0.3) is 0 Å². The third-order valence-electron chi connectivity index (χ3n) is 5.76. The Labute approximate surface area is 164 Å². The van der Waals surface area contributed by atoms with Gasteiger partial charge in [0.15, 0.2) is 0 Å². The number of aromatic amines is 1. The van der Waals surface area contributed by atoms with Crippen molar-refractivity contribution in [1.82, 2.24) is 14.5 Å². The molecule has 0 bridgehead atoms. The first kappa shape index (κ1) is 16.9. The molecule has 4 aromatic rings. The molecule has 3 heterocycles. The maximum absolute atomic E-state index is 13.3. The van der Waals surface area contributed by atoms with E-state index in [-0.39, 0.29) is 11.9 Å². The molecular formula is C24H23N3O. The fourth-order valence-electron chi connectivity index (χ4n) is 4.36. The molecule has 140 valence electrons. The molecule has 2 aromatic carbocycles. The quantitative estimate of drug-likeness (QED) is 0.564. The monoisotopic (exact) mass is 369 g/mol. The van der Waals surface area contributed by atoms with Gasteiger partial charge >= 0.3 is 0 Å². The Morgan fingerprint density at radius 2 is 1.79 bits per heavy atom. The van der Waals surface area contributed by atoms with Crippen LogP contribution in [0, 0.1) is 0 Å². The smallest absolute Gasteiger partial charge is 0.223 e. The van der Waals surface area contributed by atoms with Crippen LogP contribution in [0.15, 0.2) is 79.1 Å². The number of hydrogen-bond donors (Lipinski definition) is 1. The molecule has 1 amide bonds. The molecular weight excluding hydrogens is 346 g/mol. The highest BCUT2D eigenvalue weighted by molar-refractivity contribution is 5.84. The van der Waals surface area contributed by atoms with Gasteiger partial charge in [0.2, 0.25) is 5.91 Å². The zero-order valence-electron chi connectivity index (χ0n) is 15.7. The number of aromatic nitrogens is 2. The van der Waals surface area contributed by atoms with Crippen molar-refractivity contribution in [3.63, 3.8) is 0 Å². The van der Waals surface area contributed by atoms with Gasteiger partial charge in [0, 0.05) is 48.5 Å². The molecule has 0 aliphatic carbocycles. The van der Waals surface area contributed by atoms with Crippen LogP contribution in [0.5, 0.6) is 0 Å². The first-order valence-corrected chi connectivity index (χ1v) is 9.86. The molecule has 0 saturated carbocycles. The highest BCUT2D eigenvalue weighted by Gasteiger charge is 2.31. The number of fused-ring (bicyclic) bond motifs is 2. The average Bonchev–Trinajstić information content (AvgIpc) is 3.39. The summed E-state index contributed by atoms with van der Waals surface area (Å²) in [7, 11) is 0. The highest BCUT2D eigenvalue weighted by atomic mass is 16.2. The fraction of sp³-hybridized carbons (Fsp3) is 0.208. The zero-order valence-corrected chi connectivity index (χ0v) is 15.7. The SMILES string of the molecule is O=C(CCc1c[nH]c2ccccc12)N1CCn2cccc2C1c1ccccc1. The summed E-state index contributed by atoms with van der Waals surface area (Å²) in [6.45, 7) is 1.60. The van der Waals surface area contributed by atoms with E-state index in [1.807, 2.05) is 36.5 Å². The van der Waals surface area contributed by atoms with Crippen molar-refractivity contribution in [2.75, 3.05) is 6.54 Å². The van der Waals surface area contributed by atoms with Crippen LogP contribution < -0.4 is 0 Å². The average molecular weight is 369 g/mol. The van der Waals surface area contributed by atoms with E-state index in [9.17, 15) is 4.79 Å². The maximum Gasteiger partial charge on any atom is 0.223 e. The van der Waals surface area contributed by atoms with E-state index < -0.39 is 0 Å². The van der Waals surface area contributed by atoms with Gasteiger partial charge in [-0.05, 0) is 35.7 Å². The van der Waals surface area contributed by atoms with Crippen molar-refractivity contribution >= 4 is 16.8 Å². The number of benzene rings is 2. The number of rotatable bonds is 4. The fourth-order valence-corrected chi connectivity index (χ4v) is 4.36. The van der Waals surface area contributed by atoms with Crippen LogP contribution in [-0.2, 0) is 17.8 Å². The second-order valence-electron chi connectivity index (χ2n) is 7.39. The van der Waals surface area contributed by atoms with E-state index in [4.69, 9.17) is 0 Å². The lowest BCUT2D eigenvalue weighted by Crippen LogP contribution is -2.42. The number of amides is 1. The van der Waals surface area contributed by atoms with Crippen molar-refractivity contribution in [3.8, 4) is 0 Å². The predicted molar refractivity (Wildman–Crippen MR) is 111 cm³/mol. The van der Waals surface area contributed by atoms with Crippen molar-refractivity contribution in [1.29, 1.82) is 0 Å². The van der Waals surface area contributed by atoms with Crippen LogP contribution in [0.2, 0.25) is 0 Å². The summed E-state index contributed by atoms with van der Waals surface area (Å²) in [5.74, 6) is 0.214. The molecule has 0 spiro atoms. The lowest BCUT2D eigenvalue weighted by molar-refractivity contribution is -0.133. The first-order valence-electron chi connectivity index (χ1n) is 9.86. The van der Waals surface area contributed by atoms with Crippen LogP contribution in [0.4, 0.5) is 0 Å². The first-order chi connectivity index (χ1) is 13.8. The van der Waals surface area contributed by atoms with E-state index >= 15 is 0 Å². The van der Waals surface area contributed by atoms with E-state index in [0.29, 0.717) is 6.42 Å². The van der Waals surface area contributed by atoms with Crippen LogP contribution in [0.25, 0.3) is 10.9 Å². The van der Waals surface area contributed by atoms with Crippen molar-refractivity contribution in [3.05, 3.63) is 95.9 Å². The second-order valence-corrected chi connectivity index (χ2v) is 7.39. The summed E-state index contributed by atoms with van der Waals surface area (Å²) in [5.41, 5.74) is 4.70. The molecule has 4 nitrogen and oxygen atoms in total. The van der Waals surface area contributed by atoms with Gasteiger partial charge in [-0.25, -0.2) is 0 Å². The Kier molecular flexibility index (Phi) is 4.24. The van der Waals surface area contributed by atoms with Gasteiger partial charge in [-0.2, -0.15) is 0 Å². The largest absolute Gasteiger partial charge is 0.361 e. The van der Waals surface area contributed by atoms with Gasteiger partial charge in [0.05, 0.1) is 6.04 Å². The summed E-state index contributed by atoms with van der Waals surface area (Å²) in [4.78, 5) is 18.6. The number of para-hydroxylation sites is 1. The molecule has 1 N–H and O–H groups in total. The summed E-state index contributed by atoms with van der Waals surface area (Å²) < 4.78 is 2.26. The molecule has 1 aliphatic heterocycles. The van der Waals surface area contributed by atoms with Crippen molar-refractivity contribution in [2.45, 2.75) is 25.4 Å². The predicted octanol–water partition coefficient (Wildman–Crippen LogP) is 4.53. The Balaban J connectivity index is 1.40. The molecule has 28 heavy (non-hydrogen) atoms. The minimum absolute atomic E-state index is 0.0135. The molecule has 2 aromatic heterocycles. The Morgan fingerprint density at radius 3 is 2.68 bits per heavy atom. The van der Waals surface area contributed by atoms with Crippen molar-refractivity contribution in [2.24, 2.45) is 0 Å². The van der Waals surface area contributed by atoms with E-state index in [1.54, 1.807) is 0 Å². The standard InChI is InChI=1S/C24H23N3O/c28-23(13-12-19-17-25-21-10-5-4-9-20(19)21)27-16-15-26-14-6-11-22(26)24(27)18-7-2-1-3-8-18/h1-11,14,17,24-25H,12-13,15-16H2. The van der Waals surface area contributed by atoms with E-state index in [2.05, 4.69) is 57.0 Å². The molecule has 0 fully saturated rings. The molecule has 1 aliphatic rings. The third kappa shape index (κ3) is 2.91. The highest BCUT2D eigenvalue weighted by Crippen LogP contribution is 2.33. The minimum atomic E-state index is -0.0135. The summed E-state index contributed by atoms with van der Waals surface area (Å²) in [6.07, 6.45) is 5.42. The van der Waals surface area contributed by atoms with Gasteiger partial charge < -0.3 is 14.5 Å². The van der Waals surface area contributed by atoms with Gasteiger partial charge in [-0.1, -0.05) is 48.5 Å². The van der Waals surface area contributed by atoms with Gasteiger partial charge in [-0.15, -0.1) is 0 Å². The number of aryl methyl sites for hydroxylation is 1. The van der Waals surface area contributed by atoms with Crippen LogP contribution in [0.1, 0.15) is 29.3 Å². The van der Waals surface area contributed by atoms with E-state index in [1.165, 1.54) is 22.2 Å². The number of carbonyl (C=O) groups is 1. The third-order valence-corrected chi connectivity index (χ3v) is 5.76. The van der Waals surface area contributed by atoms with Crippen LogP contribution >= 0.6 is 0 Å². The molecule has 1 unspecified atom stereocenters. The van der Waals surface area contributed by atoms with Crippen LogP contribution in [-0.4, -0.2) is 26.9 Å². The minimum Gasteiger partial charge on any atom is -0.361 e. The lowest BCUT2D eigenvalue weighted by atomic mass is 9.99. The lowest BCUT2D eigenvalue weighted by Gasteiger charge is -2.37. The van der Waals surface area contributed by atoms with Crippen molar-refractivity contribution < 1.29 is 4.79 Å². The van der Waals surface area contributed by atoms with E-state index in [0.717, 1.165) is 25.0 Å². The molecule has 5 rings (SSSR count). The number of nitrogens with zero attached hydrogens (tertiary/aromatic N) is 2. The summed E-state index contributed by atoms with van der Waals surface area (Å²) >= 11 is 0.